The van der Waals surface area contributed by atoms with Gasteiger partial charge in [-0.2, -0.15) is 9.36 Å². The quantitative estimate of drug-likeness (QED) is 0.0975. The Kier molecular flexibility index (Phi) is 19.2. The molecule has 4 aliphatic heterocycles. The van der Waals surface area contributed by atoms with Crippen LogP contribution in [0.3, 0.4) is 0 Å². The van der Waals surface area contributed by atoms with Crippen LogP contribution in [0, 0.1) is 5.92 Å². The fourth-order valence-corrected chi connectivity index (χ4v) is 12.2. The number of pyridine rings is 3. The van der Waals surface area contributed by atoms with Crippen molar-refractivity contribution in [2.24, 2.45) is 41.2 Å². The molecule has 7 atom stereocenters. The first-order chi connectivity index (χ1) is 38.4. The van der Waals surface area contributed by atoms with Crippen LogP contribution in [0.15, 0.2) is 183 Å². The third-order valence-electron chi connectivity index (χ3n) is 18.0. The second-order valence-corrected chi connectivity index (χ2v) is 24.3. The lowest BCUT2D eigenvalue weighted by molar-refractivity contribution is -0.754. The molecule has 0 spiro atoms. The first kappa shape index (κ1) is 59.0. The van der Waals surface area contributed by atoms with Crippen LogP contribution >= 0.6 is 0 Å². The summed E-state index contributed by atoms with van der Waals surface area (Å²) in [4.78, 5) is 0. The molecular weight excluding hydrogens is 959 g/mol. The molecule has 5 unspecified atom stereocenters. The third kappa shape index (κ3) is 14.5. The van der Waals surface area contributed by atoms with Crippen molar-refractivity contribution in [2.75, 3.05) is 0 Å². The monoisotopic (exact) mass is 1040 g/mol. The molecule has 1 saturated carbocycles. The van der Waals surface area contributed by atoms with Gasteiger partial charge in [-0.3, -0.25) is 0 Å². The van der Waals surface area contributed by atoms with Gasteiger partial charge in [0, 0.05) is 124 Å². The first-order valence-electron chi connectivity index (χ1n) is 29.4. The Morgan fingerprint density at radius 2 is 0.975 bits per heavy atom. The Morgan fingerprint density at radius 1 is 0.475 bits per heavy atom. The van der Waals surface area contributed by atoms with E-state index in [4.69, 9.17) is 38.7 Å². The van der Waals surface area contributed by atoms with E-state index in [1.807, 2.05) is 30.2 Å². The number of hydrogen-bond donors (Lipinski definition) is 0. The zero-order valence-electron chi connectivity index (χ0n) is 49.3. The summed E-state index contributed by atoms with van der Waals surface area (Å²) < 4.78 is 15.6. The van der Waals surface area contributed by atoms with Crippen LogP contribution in [0.5, 0.6) is 0 Å². The highest BCUT2D eigenvalue weighted by molar-refractivity contribution is 8.01. The van der Waals surface area contributed by atoms with Crippen molar-refractivity contribution >= 4 is 91.0 Å². The Hall–Kier alpha value is -5.63. The van der Waals surface area contributed by atoms with E-state index in [1.54, 1.807) is 0 Å². The smallest absolute Gasteiger partial charge is 0.203 e. The van der Waals surface area contributed by atoms with Gasteiger partial charge in [0.15, 0.2) is 76.1 Å². The molecule has 1 aliphatic carbocycles. The predicted molar refractivity (Wildman–Crippen MR) is 347 cm³/mol. The second-order valence-electron chi connectivity index (χ2n) is 24.3. The lowest BCUT2D eigenvalue weighted by atomic mass is 8.57. The molecule has 80 heavy (non-hydrogen) atoms. The van der Waals surface area contributed by atoms with Crippen LogP contribution in [0.1, 0.15) is 66.8 Å². The lowest BCUT2D eigenvalue weighted by Crippen LogP contribution is -2.64. The van der Waals surface area contributed by atoms with Crippen LogP contribution in [-0.4, -0.2) is 100 Å². The molecule has 20 heteroatoms. The highest BCUT2D eigenvalue weighted by atomic mass is 15.4. The summed E-state index contributed by atoms with van der Waals surface area (Å²) in [5.41, 5.74) is 12.3. The summed E-state index contributed by atoms with van der Waals surface area (Å²) in [6, 6.07) is 50.0. The van der Waals surface area contributed by atoms with Crippen molar-refractivity contribution in [3.8, 4) is 33.4 Å². The Labute approximate surface area is 490 Å². The molecule has 3 aromatic carbocycles. The van der Waals surface area contributed by atoms with E-state index in [9.17, 15) is 0 Å². The molecule has 0 bridgehead atoms. The fourth-order valence-electron chi connectivity index (χ4n) is 12.2. The van der Waals surface area contributed by atoms with Crippen LogP contribution < -0.4 is 23.1 Å². The van der Waals surface area contributed by atoms with Gasteiger partial charge < -0.3 is 0 Å². The minimum absolute atomic E-state index is 0.0811. The number of hydrogen-bond acceptors (Lipinski definition) is 0. The summed E-state index contributed by atoms with van der Waals surface area (Å²) in [6.45, 7) is 14.4. The molecule has 13 rings (SSSR count). The SMILES string of the molecule is CB1CC1c1cc(-c2ccccc2)cc[n+]1C.CB1CC1c1ccc(-c2ccccc2)c[n+]1C.CB1CC1c1cccc[n+]1C.C[C@@H]1CC1n1cc(-c2ccccc2)c[n+]1C.[B]B([B])B([B])B(B([B])[B])B1C(n2ccc[n+]2C)[C@@H]1C. The molecule has 0 N–H and O–H groups in total. The van der Waals surface area contributed by atoms with E-state index in [1.165, 1.54) is 75.8 Å². The fraction of sp³-hybridized carbons (Fsp3) is 0.350. The molecule has 5 aliphatic rings. The number of aryl methyl sites for hydroxylation is 5. The zero-order valence-corrected chi connectivity index (χ0v) is 49.3. The van der Waals surface area contributed by atoms with Gasteiger partial charge in [-0.05, 0) is 40.7 Å². The molecule has 7 nitrogen and oxygen atoms in total. The first-order valence-corrected chi connectivity index (χ1v) is 29.4. The van der Waals surface area contributed by atoms with Gasteiger partial charge in [0.2, 0.25) is 6.20 Å². The second kappa shape index (κ2) is 26.1. The summed E-state index contributed by atoms with van der Waals surface area (Å²) in [5.74, 6) is 4.03. The maximum atomic E-state index is 6.09. The van der Waals surface area contributed by atoms with Crippen molar-refractivity contribution in [2.45, 2.75) is 95.0 Å². The number of benzene rings is 3. The van der Waals surface area contributed by atoms with Gasteiger partial charge in [-0.25, -0.2) is 13.7 Å². The lowest BCUT2D eigenvalue weighted by Gasteiger charge is -2.25. The van der Waals surface area contributed by atoms with E-state index in [2.05, 4.69) is 255 Å². The molecule has 0 amide bonds. The van der Waals surface area contributed by atoms with Gasteiger partial charge in [0.25, 0.3) is 0 Å². The van der Waals surface area contributed by atoms with Gasteiger partial charge >= 0.3 is 0 Å². The molecule has 4 saturated heterocycles. The maximum absolute atomic E-state index is 6.09. The predicted octanol–water partition coefficient (Wildman–Crippen LogP) is 6.62. The molecule has 9 heterocycles. The van der Waals surface area contributed by atoms with Crippen LogP contribution in [0.2, 0.25) is 45.2 Å². The van der Waals surface area contributed by atoms with Crippen molar-refractivity contribution in [1.82, 2.24) is 9.36 Å². The third-order valence-corrected chi connectivity index (χ3v) is 18.0. The highest BCUT2D eigenvalue weighted by Gasteiger charge is 2.59. The average Bonchev–Trinajstić information content (AvgIpc) is 4.37. The molecular formula is C60H75B13N7+5. The van der Waals surface area contributed by atoms with Crippen LogP contribution in [-0.2, 0) is 35.2 Å². The van der Waals surface area contributed by atoms with Crippen LogP contribution in [0.25, 0.3) is 33.4 Å². The number of aromatic nitrogens is 7. The molecule has 8 aromatic rings. The van der Waals surface area contributed by atoms with E-state index in [0.29, 0.717) is 24.4 Å². The van der Waals surface area contributed by atoms with Crippen molar-refractivity contribution in [3.63, 3.8) is 0 Å². The Bertz CT molecular complexity index is 3290. The van der Waals surface area contributed by atoms with Crippen LogP contribution in [0.4, 0.5) is 0 Å². The van der Waals surface area contributed by atoms with Crippen molar-refractivity contribution in [3.05, 3.63) is 200 Å². The molecule has 384 valence electrons. The van der Waals surface area contributed by atoms with E-state index in [-0.39, 0.29) is 6.39 Å². The Morgan fingerprint density at radius 3 is 1.45 bits per heavy atom. The number of rotatable bonds is 12. The van der Waals surface area contributed by atoms with Gasteiger partial charge in [0.1, 0.15) is 27.7 Å². The summed E-state index contributed by atoms with van der Waals surface area (Å²) in [6.07, 6.45) is 18.9. The van der Waals surface area contributed by atoms with E-state index < -0.39 is 19.2 Å². The van der Waals surface area contributed by atoms with Gasteiger partial charge in [-0.15, -0.1) is 9.36 Å². The standard InChI is InChI=1S/2C15H17BN.C14H17N2.C9H13BN.C7H11B10N2/c1-16-10-14(16)15-9-8-13(11-17(15)2)12-6-4-3-5-7-12;1-16-11-14(16)15-10-13(8-9-17(15)2)12-6-4-3-5-7-12;1-11-8-14(11)16-10-13(9-15(16)2)12-6-4-3-5-7-12;1-10-7-8(10)9-5-3-4-6-11(9)2;1-6-7(19-5-3-4-18(19)2)13(6)17(15(10)11)16(12)14(8)9/h3-9,11,14H,10H2,1-2H3;3-10,14H,11H2,1-2H3;3-7,9-11,14H,8H2,1-2H3;3-6,8H,7H2,1-2H3;3-7H,1-2H3/q5*+1/t;;11-,14?;;6-,7?/m..1.0/s1. The largest absolute Gasteiger partial charge is 0.206 e. The molecule has 10 radical (unpaired) electrons. The average molecular weight is 1030 g/mol. The summed E-state index contributed by atoms with van der Waals surface area (Å²) in [7, 11) is 39.9. The van der Waals surface area contributed by atoms with E-state index in [0.717, 1.165) is 43.5 Å². The highest BCUT2D eigenvalue weighted by Crippen LogP contribution is 2.48. The minimum Gasteiger partial charge on any atom is -0.206 e. The van der Waals surface area contributed by atoms with E-state index >= 15 is 0 Å². The summed E-state index contributed by atoms with van der Waals surface area (Å²) >= 11 is 0. The van der Waals surface area contributed by atoms with Crippen molar-refractivity contribution in [1.29, 1.82) is 0 Å². The maximum Gasteiger partial charge on any atom is 0.203 e. The zero-order chi connectivity index (χ0) is 56.9. The van der Waals surface area contributed by atoms with Gasteiger partial charge in [-0.1, -0.05) is 156 Å². The summed E-state index contributed by atoms with van der Waals surface area (Å²) in [5, 5.41) is 0. The molecule has 5 fully saturated rings. The minimum atomic E-state index is -0.605. The molecule has 5 aromatic heterocycles. The van der Waals surface area contributed by atoms with Gasteiger partial charge in [0.05, 0.1) is 29.9 Å². The number of nitrogens with zero attached hydrogens (tertiary/aromatic N) is 7. The van der Waals surface area contributed by atoms with Crippen molar-refractivity contribution < 1.29 is 23.1 Å². The normalized spacial score (nSPS) is 20.4. The Balaban J connectivity index is 0.000000122. The topological polar surface area (TPSA) is 29.3 Å².